The molecule has 1 N–H and O–H groups in total. The second-order valence-electron chi connectivity index (χ2n) is 2.43. The Balaban J connectivity index is 3.54. The molecular weight excluding hydrogens is 672 g/mol. The standard InChI is InChI=1S/C7H2I4O5/c8-4-2(7(12)13)1-3(14-9)5(15-10)6(4)16-11/h1H,(H,12,13). The zero-order valence-corrected chi connectivity index (χ0v) is 15.8. The van der Waals surface area contributed by atoms with Gasteiger partial charge in [0.05, 0.1) is 9.13 Å². The molecule has 88 valence electrons. The molecule has 0 spiro atoms. The van der Waals surface area contributed by atoms with Gasteiger partial charge in [0.25, 0.3) is 0 Å². The van der Waals surface area contributed by atoms with E-state index in [-0.39, 0.29) is 5.56 Å². The van der Waals surface area contributed by atoms with E-state index in [1.807, 2.05) is 22.6 Å². The molecule has 5 nitrogen and oxygen atoms in total. The van der Waals surface area contributed by atoms with Gasteiger partial charge in [-0.1, -0.05) is 0 Å². The van der Waals surface area contributed by atoms with Crippen LogP contribution in [0.1, 0.15) is 10.4 Å². The first-order valence-electron chi connectivity index (χ1n) is 3.52. The highest BCUT2D eigenvalue weighted by molar-refractivity contribution is 14.1. The lowest BCUT2D eigenvalue weighted by atomic mass is 10.2. The lowest BCUT2D eigenvalue weighted by Gasteiger charge is -2.11. The summed E-state index contributed by atoms with van der Waals surface area (Å²) < 4.78 is 15.6. The van der Waals surface area contributed by atoms with Crippen molar-refractivity contribution < 1.29 is 19.1 Å². The van der Waals surface area contributed by atoms with Crippen molar-refractivity contribution >= 4 is 97.6 Å². The van der Waals surface area contributed by atoms with Crippen molar-refractivity contribution in [3.8, 4) is 17.2 Å². The van der Waals surface area contributed by atoms with Crippen LogP contribution < -0.4 is 9.20 Å². The monoisotopic (exact) mass is 674 g/mol. The molecule has 0 heterocycles. The summed E-state index contributed by atoms with van der Waals surface area (Å²) in [5.41, 5.74) is 0.108. The summed E-state index contributed by atoms with van der Waals surface area (Å²) in [6, 6.07) is 1.39. The highest BCUT2D eigenvalue weighted by Gasteiger charge is 2.23. The number of hydrogen-bond donors (Lipinski definition) is 1. The first-order chi connectivity index (χ1) is 7.56. The average molecular weight is 674 g/mol. The number of aromatic carboxylic acids is 1. The van der Waals surface area contributed by atoms with Gasteiger partial charge in [-0.2, -0.15) is 0 Å². The molecule has 0 fully saturated rings. The molecule has 0 aliphatic carbocycles. The Bertz CT molecular complexity index is 422. The fourth-order valence-electron chi connectivity index (χ4n) is 0.949. The van der Waals surface area contributed by atoms with Crippen molar-refractivity contribution in [3.05, 3.63) is 15.2 Å². The van der Waals surface area contributed by atoms with Crippen LogP contribution in [0.4, 0.5) is 0 Å². The molecule has 9 heteroatoms. The van der Waals surface area contributed by atoms with Gasteiger partial charge in [-0.3, -0.25) is 0 Å². The first kappa shape index (κ1) is 15.1. The molecule has 0 bridgehead atoms. The number of carboxylic acid groups (broad SMARTS) is 1. The Labute approximate surface area is 147 Å². The Morgan fingerprint density at radius 3 is 2.06 bits per heavy atom. The van der Waals surface area contributed by atoms with E-state index in [9.17, 15) is 4.79 Å². The Morgan fingerprint density at radius 1 is 1.12 bits per heavy atom. The van der Waals surface area contributed by atoms with Gasteiger partial charge in [0.15, 0.2) is 80.5 Å². The minimum atomic E-state index is -1.05. The predicted molar refractivity (Wildman–Crippen MR) is 90.1 cm³/mol. The van der Waals surface area contributed by atoms with Gasteiger partial charge in [0, 0.05) is 6.07 Å². The fourth-order valence-corrected chi connectivity index (χ4v) is 3.28. The maximum Gasteiger partial charge on any atom is 0.337 e. The second kappa shape index (κ2) is 6.81. The molecule has 0 unspecified atom stereocenters. The van der Waals surface area contributed by atoms with Crippen molar-refractivity contribution in [1.82, 2.24) is 0 Å². The van der Waals surface area contributed by atoms with E-state index >= 15 is 0 Å². The highest BCUT2D eigenvalue weighted by Crippen LogP contribution is 2.45. The molecule has 1 rings (SSSR count). The van der Waals surface area contributed by atoms with Crippen LogP contribution in [0.5, 0.6) is 17.2 Å². The molecule has 0 saturated heterocycles. The number of hydrogen-bond acceptors (Lipinski definition) is 4. The average Bonchev–Trinajstić information content (AvgIpc) is 2.27. The lowest BCUT2D eigenvalue weighted by molar-refractivity contribution is 0.0695. The summed E-state index contributed by atoms with van der Waals surface area (Å²) in [6.45, 7) is 0. The number of benzene rings is 1. The third kappa shape index (κ3) is 3.06. The summed E-state index contributed by atoms with van der Waals surface area (Å²) in [4.78, 5) is 11.0. The van der Waals surface area contributed by atoms with Crippen molar-refractivity contribution in [2.24, 2.45) is 0 Å². The summed E-state index contributed by atoms with van der Waals surface area (Å²) in [7, 11) is 0. The molecule has 1 aromatic rings. The number of halogens is 4. The van der Waals surface area contributed by atoms with Crippen molar-refractivity contribution in [2.75, 3.05) is 0 Å². The normalized spacial score (nSPS) is 9.75. The smallest absolute Gasteiger partial charge is 0.337 e. The summed E-state index contributed by atoms with van der Waals surface area (Å²) in [5, 5.41) is 9.01. The third-order valence-electron chi connectivity index (χ3n) is 1.61. The van der Waals surface area contributed by atoms with E-state index in [0.717, 1.165) is 0 Å². The maximum atomic E-state index is 11.0. The molecule has 0 aliphatic heterocycles. The fraction of sp³-hybridized carbons (Fsp3) is 0. The van der Waals surface area contributed by atoms with Crippen LogP contribution in [0.3, 0.4) is 0 Å². The minimum Gasteiger partial charge on any atom is -0.478 e. The molecule has 1 aromatic carbocycles. The Morgan fingerprint density at radius 2 is 1.69 bits per heavy atom. The van der Waals surface area contributed by atoms with Crippen LogP contribution in [-0.4, -0.2) is 11.1 Å². The molecule has 0 aromatic heterocycles. The van der Waals surface area contributed by atoms with E-state index < -0.39 is 5.97 Å². The van der Waals surface area contributed by atoms with Crippen LogP contribution in [0, 0.1) is 3.57 Å². The van der Waals surface area contributed by atoms with Gasteiger partial charge in [-0.05, 0) is 22.6 Å². The SMILES string of the molecule is O=C(O)c1cc(OI)c(OI)c(OI)c1I. The van der Waals surface area contributed by atoms with Gasteiger partial charge < -0.3 is 14.3 Å². The molecule has 0 atom stereocenters. The highest BCUT2D eigenvalue weighted by atomic mass is 127. The molecule has 0 amide bonds. The first-order valence-corrected chi connectivity index (χ1v) is 7.24. The van der Waals surface area contributed by atoms with E-state index in [1.54, 1.807) is 69.0 Å². The van der Waals surface area contributed by atoms with E-state index in [0.29, 0.717) is 20.8 Å². The predicted octanol–water partition coefficient (Wildman–Crippen LogP) is 4.18. The zero-order chi connectivity index (χ0) is 12.3. The van der Waals surface area contributed by atoms with Crippen LogP contribution in [-0.2, 0) is 0 Å². The molecule has 0 radical (unpaired) electrons. The summed E-state index contributed by atoms with van der Waals surface area (Å²) in [6.07, 6.45) is 0. The van der Waals surface area contributed by atoms with Gasteiger partial charge in [-0.15, -0.1) is 0 Å². The summed E-state index contributed by atoms with van der Waals surface area (Å²) in [5.74, 6) is -0.0470. The maximum absolute atomic E-state index is 11.0. The van der Waals surface area contributed by atoms with Crippen LogP contribution in [0.25, 0.3) is 0 Å². The van der Waals surface area contributed by atoms with Gasteiger partial charge in [-0.25, -0.2) is 4.79 Å². The van der Waals surface area contributed by atoms with E-state index in [2.05, 4.69) is 0 Å². The quantitative estimate of drug-likeness (QED) is 0.487. The molecule has 16 heavy (non-hydrogen) atoms. The molecular formula is C7H2I4O5. The summed E-state index contributed by atoms with van der Waals surface area (Å²) >= 11 is 6.88. The van der Waals surface area contributed by atoms with E-state index in [1.165, 1.54) is 6.07 Å². The van der Waals surface area contributed by atoms with Gasteiger partial charge >= 0.3 is 5.97 Å². The topological polar surface area (TPSA) is 65.0 Å². The molecule has 0 saturated carbocycles. The van der Waals surface area contributed by atoms with Crippen LogP contribution in [0.15, 0.2) is 6.07 Å². The number of carbonyl (C=O) groups is 1. The van der Waals surface area contributed by atoms with Gasteiger partial charge in [0.1, 0.15) is 0 Å². The third-order valence-corrected chi connectivity index (χ3v) is 4.04. The van der Waals surface area contributed by atoms with Crippen molar-refractivity contribution in [1.29, 1.82) is 0 Å². The van der Waals surface area contributed by atoms with Crippen molar-refractivity contribution in [2.45, 2.75) is 0 Å². The lowest BCUT2D eigenvalue weighted by Crippen LogP contribution is -2.02. The Kier molecular flexibility index (Phi) is 6.42. The number of rotatable bonds is 4. The molecule has 0 aliphatic rings. The zero-order valence-electron chi connectivity index (χ0n) is 7.17. The largest absolute Gasteiger partial charge is 0.478 e. The number of carboxylic acids is 1. The van der Waals surface area contributed by atoms with Crippen LogP contribution >= 0.6 is 91.6 Å². The van der Waals surface area contributed by atoms with Gasteiger partial charge in [0.2, 0.25) is 5.75 Å². The van der Waals surface area contributed by atoms with E-state index in [4.69, 9.17) is 14.3 Å². The van der Waals surface area contributed by atoms with Crippen molar-refractivity contribution in [3.63, 3.8) is 0 Å². The second-order valence-corrected chi connectivity index (χ2v) is 4.83. The minimum absolute atomic E-state index is 0.108. The van der Waals surface area contributed by atoms with Crippen LogP contribution in [0.2, 0.25) is 0 Å². The Hall–Kier alpha value is 1.01.